The van der Waals surface area contributed by atoms with Gasteiger partial charge < -0.3 is 24.3 Å². The van der Waals surface area contributed by atoms with Crippen molar-refractivity contribution in [3.8, 4) is 5.82 Å². The third kappa shape index (κ3) is 3.84. The van der Waals surface area contributed by atoms with Gasteiger partial charge in [0, 0.05) is 76.8 Å². The predicted molar refractivity (Wildman–Crippen MR) is 127 cm³/mol. The van der Waals surface area contributed by atoms with Crippen LogP contribution in [-0.2, 0) is 24.7 Å². The molecule has 1 N–H and O–H groups in total. The summed E-state index contributed by atoms with van der Waals surface area (Å²) in [5.74, 6) is 1.37. The fraction of sp³-hybridized carbons (Fsp3) is 0.440. The highest BCUT2D eigenvalue weighted by atomic mass is 16.5. The van der Waals surface area contributed by atoms with E-state index in [4.69, 9.17) is 14.5 Å². The first-order chi connectivity index (χ1) is 16.3. The van der Waals surface area contributed by atoms with Crippen molar-refractivity contribution in [1.29, 1.82) is 0 Å². The van der Waals surface area contributed by atoms with Crippen LogP contribution in [0.5, 0.6) is 0 Å². The van der Waals surface area contributed by atoms with E-state index in [1.165, 1.54) is 6.92 Å². The first-order valence-electron chi connectivity index (χ1n) is 11.5. The van der Waals surface area contributed by atoms with Crippen molar-refractivity contribution in [2.45, 2.75) is 38.7 Å². The van der Waals surface area contributed by atoms with Crippen LogP contribution in [0.25, 0.3) is 16.7 Å². The number of anilines is 1. The largest absolute Gasteiger partial charge is 0.378 e. The maximum Gasteiger partial charge on any atom is 0.222 e. The Morgan fingerprint density at radius 2 is 2.03 bits per heavy atom. The summed E-state index contributed by atoms with van der Waals surface area (Å²) in [6.07, 6.45) is 4.62. The Kier molecular flexibility index (Phi) is 5.61. The average molecular weight is 464 g/mol. The van der Waals surface area contributed by atoms with Gasteiger partial charge in [-0.3, -0.25) is 9.59 Å². The normalized spacial score (nSPS) is 20.5. The Balaban J connectivity index is 1.64. The zero-order valence-electron chi connectivity index (χ0n) is 19.9. The number of amides is 2. The number of aryl methyl sites for hydroxylation is 1. The van der Waals surface area contributed by atoms with Gasteiger partial charge in [-0.25, -0.2) is 9.97 Å². The SMILES string of the molecule is COC1(c2cc(C)cc(-n3cc(C4CN(C(C)=O)C4)c4cnc(NC(C)=O)cc43)n2)CCOC1. The molecule has 0 bridgehead atoms. The summed E-state index contributed by atoms with van der Waals surface area (Å²) >= 11 is 0. The molecule has 2 amide bonds. The second kappa shape index (κ2) is 8.48. The number of hydrogen-bond acceptors (Lipinski definition) is 6. The highest BCUT2D eigenvalue weighted by molar-refractivity contribution is 5.92. The van der Waals surface area contributed by atoms with Gasteiger partial charge in [-0.1, -0.05) is 0 Å². The Labute approximate surface area is 198 Å². The number of pyridine rings is 2. The lowest BCUT2D eigenvalue weighted by molar-refractivity contribution is -0.133. The van der Waals surface area contributed by atoms with E-state index >= 15 is 0 Å². The summed E-state index contributed by atoms with van der Waals surface area (Å²) < 4.78 is 13.6. The fourth-order valence-corrected chi connectivity index (χ4v) is 4.86. The smallest absolute Gasteiger partial charge is 0.222 e. The number of fused-ring (bicyclic) bond motifs is 1. The van der Waals surface area contributed by atoms with Gasteiger partial charge >= 0.3 is 0 Å². The van der Waals surface area contributed by atoms with Gasteiger partial charge in [0.1, 0.15) is 17.2 Å². The van der Waals surface area contributed by atoms with Crippen molar-refractivity contribution in [3.05, 3.63) is 47.4 Å². The number of nitrogens with zero attached hydrogens (tertiary/aromatic N) is 4. The maximum absolute atomic E-state index is 11.7. The molecule has 2 aliphatic heterocycles. The highest BCUT2D eigenvalue weighted by Gasteiger charge is 2.39. The van der Waals surface area contributed by atoms with Gasteiger partial charge in [-0.15, -0.1) is 0 Å². The predicted octanol–water partition coefficient (Wildman–Crippen LogP) is 2.90. The number of rotatable bonds is 5. The molecule has 0 saturated carbocycles. The molecular weight excluding hydrogens is 434 g/mol. The van der Waals surface area contributed by atoms with Gasteiger partial charge in [-0.2, -0.15) is 0 Å². The monoisotopic (exact) mass is 463 g/mol. The summed E-state index contributed by atoms with van der Waals surface area (Å²) in [6.45, 7) is 7.56. The Morgan fingerprint density at radius 1 is 1.24 bits per heavy atom. The molecule has 2 saturated heterocycles. The molecule has 2 aliphatic rings. The van der Waals surface area contributed by atoms with E-state index in [1.807, 2.05) is 28.5 Å². The molecule has 1 atom stereocenters. The van der Waals surface area contributed by atoms with Gasteiger partial charge in [0.25, 0.3) is 0 Å². The molecule has 5 rings (SSSR count). The average Bonchev–Trinajstić information content (AvgIpc) is 3.37. The van der Waals surface area contributed by atoms with E-state index < -0.39 is 5.60 Å². The third-order valence-corrected chi connectivity index (χ3v) is 6.84. The molecule has 9 heteroatoms. The molecule has 9 nitrogen and oxygen atoms in total. The van der Waals surface area contributed by atoms with Crippen LogP contribution in [-0.4, -0.2) is 64.7 Å². The quantitative estimate of drug-likeness (QED) is 0.625. The minimum atomic E-state index is -0.564. The lowest BCUT2D eigenvalue weighted by Crippen LogP contribution is -2.47. The summed E-state index contributed by atoms with van der Waals surface area (Å²) in [5.41, 5.74) is 3.35. The number of hydrogen-bond donors (Lipinski definition) is 1. The lowest BCUT2D eigenvalue weighted by atomic mass is 9.91. The van der Waals surface area contributed by atoms with Crippen LogP contribution in [0.2, 0.25) is 0 Å². The first kappa shape index (κ1) is 22.5. The third-order valence-electron chi connectivity index (χ3n) is 6.84. The molecule has 2 fully saturated rings. The van der Waals surface area contributed by atoms with E-state index in [0.717, 1.165) is 40.0 Å². The minimum absolute atomic E-state index is 0.0831. The van der Waals surface area contributed by atoms with Crippen LogP contribution in [0.4, 0.5) is 5.82 Å². The molecular formula is C25H29N5O4. The van der Waals surface area contributed by atoms with Crippen molar-refractivity contribution in [1.82, 2.24) is 19.4 Å². The van der Waals surface area contributed by atoms with E-state index in [9.17, 15) is 9.59 Å². The number of ether oxygens (including phenoxy) is 2. The number of aromatic nitrogens is 3. The molecule has 0 aromatic carbocycles. The zero-order chi connectivity index (χ0) is 24.0. The minimum Gasteiger partial charge on any atom is -0.378 e. The van der Waals surface area contributed by atoms with Crippen LogP contribution < -0.4 is 5.32 Å². The summed E-state index contributed by atoms with van der Waals surface area (Å²) in [7, 11) is 1.70. The first-order valence-corrected chi connectivity index (χ1v) is 11.5. The highest BCUT2D eigenvalue weighted by Crippen LogP contribution is 2.37. The molecule has 178 valence electrons. The van der Waals surface area contributed by atoms with Crippen molar-refractivity contribution in [2.75, 3.05) is 38.7 Å². The van der Waals surface area contributed by atoms with Crippen molar-refractivity contribution >= 4 is 28.5 Å². The molecule has 3 aromatic rings. The van der Waals surface area contributed by atoms with Gasteiger partial charge in [0.05, 0.1) is 17.8 Å². The zero-order valence-corrected chi connectivity index (χ0v) is 19.9. The van der Waals surface area contributed by atoms with Crippen molar-refractivity contribution < 1.29 is 19.1 Å². The van der Waals surface area contributed by atoms with Crippen LogP contribution in [0.15, 0.2) is 30.6 Å². The summed E-state index contributed by atoms with van der Waals surface area (Å²) in [4.78, 5) is 34.7. The van der Waals surface area contributed by atoms with Gasteiger partial charge in [0.2, 0.25) is 11.8 Å². The van der Waals surface area contributed by atoms with Crippen molar-refractivity contribution in [2.24, 2.45) is 0 Å². The fourth-order valence-electron chi connectivity index (χ4n) is 4.86. The lowest BCUT2D eigenvalue weighted by Gasteiger charge is -2.38. The molecule has 0 radical (unpaired) electrons. The van der Waals surface area contributed by atoms with E-state index in [-0.39, 0.29) is 17.7 Å². The van der Waals surface area contributed by atoms with Gasteiger partial charge in [0.15, 0.2) is 0 Å². The second-order valence-corrected chi connectivity index (χ2v) is 9.23. The molecule has 3 aromatic heterocycles. The molecule has 0 spiro atoms. The second-order valence-electron chi connectivity index (χ2n) is 9.23. The number of methoxy groups -OCH3 is 1. The van der Waals surface area contributed by atoms with E-state index in [0.29, 0.717) is 32.1 Å². The van der Waals surface area contributed by atoms with E-state index in [2.05, 4.69) is 22.6 Å². The Hall–Kier alpha value is -3.30. The topological polar surface area (TPSA) is 98.6 Å². The molecule has 5 heterocycles. The Bertz CT molecular complexity index is 1270. The summed E-state index contributed by atoms with van der Waals surface area (Å²) in [6, 6.07) is 5.96. The van der Waals surface area contributed by atoms with Crippen LogP contribution in [0.3, 0.4) is 0 Å². The van der Waals surface area contributed by atoms with Gasteiger partial charge in [-0.05, 0) is 30.2 Å². The number of likely N-dealkylation sites (tertiary alicyclic amines) is 1. The van der Waals surface area contributed by atoms with Crippen molar-refractivity contribution in [3.63, 3.8) is 0 Å². The number of nitrogens with one attached hydrogen (secondary N) is 1. The Morgan fingerprint density at radius 3 is 2.68 bits per heavy atom. The van der Waals surface area contributed by atoms with Crippen LogP contribution >= 0.6 is 0 Å². The standard InChI is InChI=1S/C25H29N5O4/c1-15-7-22(25(33-4)5-6-34-14-25)28-24(8-15)30-13-20(18-11-29(12-18)17(3)32)19-10-26-23(9-21(19)30)27-16(2)31/h7-10,13,18H,5-6,11-12,14H2,1-4H3,(H,26,27,31). The number of carbonyl (C=O) groups excluding carboxylic acids is 2. The maximum atomic E-state index is 11.7. The molecule has 0 aliphatic carbocycles. The molecule has 1 unspecified atom stereocenters. The van der Waals surface area contributed by atoms with Crippen LogP contribution in [0, 0.1) is 6.92 Å². The molecule has 34 heavy (non-hydrogen) atoms. The van der Waals surface area contributed by atoms with E-state index in [1.54, 1.807) is 20.2 Å². The summed E-state index contributed by atoms with van der Waals surface area (Å²) in [5, 5.41) is 3.76. The number of carbonyl (C=O) groups is 2. The van der Waals surface area contributed by atoms with Crippen LogP contribution in [0.1, 0.15) is 43.0 Å².